The van der Waals surface area contributed by atoms with E-state index in [0.29, 0.717) is 25.3 Å². The Balaban J connectivity index is 1.52. The summed E-state index contributed by atoms with van der Waals surface area (Å²) in [5, 5.41) is 18.3. The quantitative estimate of drug-likeness (QED) is 0.684. The van der Waals surface area contributed by atoms with Crippen LogP contribution in [0.5, 0.6) is 0 Å². The molecule has 2 aromatic heterocycles. The summed E-state index contributed by atoms with van der Waals surface area (Å²) in [5.41, 5.74) is 4.29. The molecule has 1 saturated carbocycles. The van der Waals surface area contributed by atoms with Crippen molar-refractivity contribution in [2.75, 3.05) is 12.4 Å². The van der Waals surface area contributed by atoms with E-state index in [9.17, 15) is 5.11 Å². The molecule has 7 heteroatoms. The molecule has 4 rings (SSSR count). The zero-order valence-corrected chi connectivity index (χ0v) is 16.4. The van der Waals surface area contributed by atoms with E-state index in [1.807, 2.05) is 25.4 Å². The van der Waals surface area contributed by atoms with E-state index >= 15 is 0 Å². The summed E-state index contributed by atoms with van der Waals surface area (Å²) in [6, 6.07) is 8.09. The molecule has 1 fully saturated rings. The van der Waals surface area contributed by atoms with Crippen molar-refractivity contribution in [3.8, 4) is 11.1 Å². The lowest BCUT2D eigenvalue weighted by Crippen LogP contribution is -2.50. The summed E-state index contributed by atoms with van der Waals surface area (Å²) < 4.78 is 7.08. The molecule has 0 saturated heterocycles. The van der Waals surface area contributed by atoms with Crippen molar-refractivity contribution in [1.29, 1.82) is 0 Å². The highest BCUT2D eigenvalue weighted by atomic mass is 16.5. The molecule has 2 heterocycles. The summed E-state index contributed by atoms with van der Waals surface area (Å²) in [6.45, 7) is 4.47. The Labute approximate surface area is 164 Å². The Morgan fingerprint density at radius 1 is 1.25 bits per heavy atom. The summed E-state index contributed by atoms with van der Waals surface area (Å²) in [5.74, 6) is 0.576. The van der Waals surface area contributed by atoms with Crippen LogP contribution < -0.4 is 5.32 Å². The van der Waals surface area contributed by atoms with Crippen molar-refractivity contribution >= 4 is 11.6 Å². The van der Waals surface area contributed by atoms with Gasteiger partial charge in [-0.3, -0.25) is 4.68 Å². The Hall–Kier alpha value is -2.77. The van der Waals surface area contributed by atoms with Gasteiger partial charge in [0.2, 0.25) is 5.95 Å². The normalized spacial score (nSPS) is 21.4. The van der Waals surface area contributed by atoms with Crippen LogP contribution >= 0.6 is 0 Å². The number of hydrogen-bond donors (Lipinski definition) is 2. The number of nitrogens with zero attached hydrogens (tertiary/aromatic N) is 4. The fourth-order valence-corrected chi connectivity index (χ4v) is 3.64. The lowest BCUT2D eigenvalue weighted by Gasteiger charge is -2.42. The van der Waals surface area contributed by atoms with Gasteiger partial charge in [0.15, 0.2) is 0 Å². The van der Waals surface area contributed by atoms with Gasteiger partial charge in [0.05, 0.1) is 24.4 Å². The number of anilines is 2. The Morgan fingerprint density at radius 3 is 2.82 bits per heavy atom. The number of rotatable bonds is 6. The molecular formula is C21H25N5O2. The van der Waals surface area contributed by atoms with Crippen LogP contribution in [0.2, 0.25) is 0 Å². The maximum absolute atomic E-state index is 10.6. The first kappa shape index (κ1) is 18.6. The van der Waals surface area contributed by atoms with Crippen LogP contribution in [0, 0.1) is 13.8 Å². The zero-order chi connectivity index (χ0) is 19.7. The molecule has 1 aromatic carbocycles. The molecule has 1 aliphatic rings. The fraction of sp³-hybridized carbons (Fsp3) is 0.381. The van der Waals surface area contributed by atoms with Crippen molar-refractivity contribution in [2.24, 2.45) is 0 Å². The number of ether oxygens (including phenoxy) is 1. The molecule has 3 aromatic rings. The van der Waals surface area contributed by atoms with Gasteiger partial charge in [-0.15, -0.1) is 0 Å². The van der Waals surface area contributed by atoms with Crippen LogP contribution in [0.1, 0.15) is 24.1 Å². The van der Waals surface area contributed by atoms with E-state index in [2.05, 4.69) is 45.5 Å². The van der Waals surface area contributed by atoms with Gasteiger partial charge >= 0.3 is 0 Å². The minimum absolute atomic E-state index is 0.147. The van der Waals surface area contributed by atoms with Crippen LogP contribution in [0.25, 0.3) is 11.1 Å². The van der Waals surface area contributed by atoms with Gasteiger partial charge in [0.25, 0.3) is 0 Å². The molecular weight excluding hydrogens is 354 g/mol. The van der Waals surface area contributed by atoms with E-state index in [1.54, 1.807) is 18.0 Å². The average molecular weight is 379 g/mol. The SMILES string of the molecule is COC1CC(O)(Cn2cc(-c3cc(C)cc(Nc4nccc(C)n4)c3)cn2)C1. The molecule has 0 atom stereocenters. The van der Waals surface area contributed by atoms with Gasteiger partial charge in [0.1, 0.15) is 0 Å². The largest absolute Gasteiger partial charge is 0.388 e. The zero-order valence-electron chi connectivity index (χ0n) is 16.4. The van der Waals surface area contributed by atoms with E-state index in [0.717, 1.165) is 28.1 Å². The standard InChI is InChI=1S/C21H25N5O2/c1-14-6-16(8-18(7-14)25-20-22-5-4-15(2)24-20)17-11-23-26(12-17)13-21(27)9-19(10-21)28-3/h4-8,11-12,19,27H,9-10,13H2,1-3H3,(H,22,24,25). The number of hydrogen-bond acceptors (Lipinski definition) is 6. The topological polar surface area (TPSA) is 85.1 Å². The van der Waals surface area contributed by atoms with Gasteiger partial charge in [-0.2, -0.15) is 5.10 Å². The van der Waals surface area contributed by atoms with Crippen LogP contribution in [0.15, 0.2) is 42.9 Å². The molecule has 1 aliphatic carbocycles. The van der Waals surface area contributed by atoms with Crippen LogP contribution in [0.4, 0.5) is 11.6 Å². The number of aryl methyl sites for hydroxylation is 2. The van der Waals surface area contributed by atoms with Crippen molar-refractivity contribution < 1.29 is 9.84 Å². The lowest BCUT2D eigenvalue weighted by atomic mass is 9.77. The molecule has 0 radical (unpaired) electrons. The fourth-order valence-electron chi connectivity index (χ4n) is 3.64. The molecule has 0 unspecified atom stereocenters. The minimum atomic E-state index is -0.730. The monoisotopic (exact) mass is 379 g/mol. The summed E-state index contributed by atoms with van der Waals surface area (Å²) >= 11 is 0. The molecule has 146 valence electrons. The maximum Gasteiger partial charge on any atom is 0.227 e. The Bertz CT molecular complexity index is 978. The van der Waals surface area contributed by atoms with E-state index in [4.69, 9.17) is 4.74 Å². The molecule has 0 bridgehead atoms. The van der Waals surface area contributed by atoms with Crippen molar-refractivity contribution in [1.82, 2.24) is 19.7 Å². The second kappa shape index (κ2) is 7.33. The van der Waals surface area contributed by atoms with Crippen molar-refractivity contribution in [3.63, 3.8) is 0 Å². The maximum atomic E-state index is 10.6. The Morgan fingerprint density at radius 2 is 2.07 bits per heavy atom. The highest BCUT2D eigenvalue weighted by Crippen LogP contribution is 2.35. The first-order valence-corrected chi connectivity index (χ1v) is 9.39. The third-order valence-electron chi connectivity index (χ3n) is 5.10. The molecule has 28 heavy (non-hydrogen) atoms. The predicted octanol–water partition coefficient (Wildman–Crippen LogP) is 3.24. The van der Waals surface area contributed by atoms with Gasteiger partial charge < -0.3 is 15.2 Å². The van der Waals surface area contributed by atoms with Gasteiger partial charge in [-0.05, 0) is 43.2 Å². The second-order valence-corrected chi connectivity index (χ2v) is 7.65. The summed E-state index contributed by atoms with van der Waals surface area (Å²) in [4.78, 5) is 8.66. The average Bonchev–Trinajstić information content (AvgIpc) is 3.07. The van der Waals surface area contributed by atoms with Crippen molar-refractivity contribution in [3.05, 3.63) is 54.1 Å². The molecule has 7 nitrogen and oxygen atoms in total. The molecule has 0 amide bonds. The first-order chi connectivity index (χ1) is 13.4. The number of nitrogens with one attached hydrogen (secondary N) is 1. The lowest BCUT2D eigenvalue weighted by molar-refractivity contribution is -0.136. The second-order valence-electron chi connectivity index (χ2n) is 7.65. The van der Waals surface area contributed by atoms with E-state index in [1.165, 1.54) is 0 Å². The number of methoxy groups -OCH3 is 1. The number of benzene rings is 1. The van der Waals surface area contributed by atoms with E-state index < -0.39 is 5.60 Å². The summed E-state index contributed by atoms with van der Waals surface area (Å²) in [7, 11) is 1.68. The third kappa shape index (κ3) is 4.05. The van der Waals surface area contributed by atoms with Gasteiger partial charge in [0, 0.05) is 49.3 Å². The molecule has 0 aliphatic heterocycles. The summed E-state index contributed by atoms with van der Waals surface area (Å²) in [6.07, 6.45) is 6.98. The van der Waals surface area contributed by atoms with E-state index in [-0.39, 0.29) is 6.10 Å². The predicted molar refractivity (Wildman–Crippen MR) is 107 cm³/mol. The van der Waals surface area contributed by atoms with Gasteiger partial charge in [-0.1, -0.05) is 6.07 Å². The third-order valence-corrected chi connectivity index (χ3v) is 5.10. The van der Waals surface area contributed by atoms with Crippen molar-refractivity contribution in [2.45, 2.75) is 44.9 Å². The molecule has 2 N–H and O–H groups in total. The Kier molecular flexibility index (Phi) is 4.87. The van der Waals surface area contributed by atoms with Crippen LogP contribution in [-0.4, -0.2) is 43.7 Å². The minimum Gasteiger partial charge on any atom is -0.388 e. The number of aromatic nitrogens is 4. The smallest absolute Gasteiger partial charge is 0.227 e. The highest BCUT2D eigenvalue weighted by molar-refractivity contribution is 5.70. The van der Waals surface area contributed by atoms with Gasteiger partial charge in [-0.25, -0.2) is 9.97 Å². The van der Waals surface area contributed by atoms with Crippen LogP contribution in [-0.2, 0) is 11.3 Å². The van der Waals surface area contributed by atoms with Crippen LogP contribution in [0.3, 0.4) is 0 Å². The highest BCUT2D eigenvalue weighted by Gasteiger charge is 2.43. The first-order valence-electron chi connectivity index (χ1n) is 9.39. The number of aliphatic hydroxyl groups is 1. The molecule has 0 spiro atoms.